The van der Waals surface area contributed by atoms with Crippen molar-refractivity contribution in [2.45, 2.75) is 19.3 Å². The van der Waals surface area contributed by atoms with Gasteiger partial charge in [-0.15, -0.1) is 11.3 Å². The summed E-state index contributed by atoms with van der Waals surface area (Å²) >= 11 is 1.35. The van der Waals surface area contributed by atoms with Crippen LogP contribution in [0, 0.1) is 0 Å². The number of hydrogen-bond donors (Lipinski definition) is 1. The van der Waals surface area contributed by atoms with Gasteiger partial charge in [0.25, 0.3) is 5.91 Å². The molecular weight excluding hydrogens is 460 g/mol. The van der Waals surface area contributed by atoms with Crippen molar-refractivity contribution in [1.29, 1.82) is 0 Å². The molecule has 6 nitrogen and oxygen atoms in total. The highest BCUT2D eigenvalue weighted by atomic mass is 32.1. The highest BCUT2D eigenvalue weighted by Gasteiger charge is 2.22. The van der Waals surface area contributed by atoms with Crippen molar-refractivity contribution in [3.05, 3.63) is 89.3 Å². The Labute approximate surface area is 209 Å². The van der Waals surface area contributed by atoms with E-state index < -0.39 is 0 Å². The average molecular weight is 489 g/mol. The second kappa shape index (κ2) is 10.6. The first-order chi connectivity index (χ1) is 16.9. The highest BCUT2D eigenvalue weighted by molar-refractivity contribution is 7.14. The molecule has 3 aromatic carbocycles. The molecule has 0 saturated carbocycles. The van der Waals surface area contributed by atoms with Crippen LogP contribution >= 0.6 is 11.3 Å². The van der Waals surface area contributed by atoms with Crippen molar-refractivity contribution >= 4 is 22.4 Å². The summed E-state index contributed by atoms with van der Waals surface area (Å²) in [4.78, 5) is 16.9. The number of rotatable bonds is 9. The zero-order valence-electron chi connectivity index (χ0n) is 20.2. The minimum Gasteiger partial charge on any atom is -0.493 e. The smallest absolute Gasteiger partial charge is 0.264 e. The van der Waals surface area contributed by atoms with Crippen LogP contribution in [0.25, 0.3) is 11.3 Å². The predicted octanol–water partition coefficient (Wildman–Crippen LogP) is 6.17. The van der Waals surface area contributed by atoms with Crippen LogP contribution in [0.3, 0.4) is 0 Å². The van der Waals surface area contributed by atoms with Gasteiger partial charge in [0.15, 0.2) is 23.2 Å². The van der Waals surface area contributed by atoms with Gasteiger partial charge in [-0.05, 0) is 41.5 Å². The number of thiazole rings is 1. The monoisotopic (exact) mass is 488 g/mol. The lowest BCUT2D eigenvalue weighted by Crippen LogP contribution is -2.20. The van der Waals surface area contributed by atoms with Crippen molar-refractivity contribution < 1.29 is 19.0 Å². The molecule has 0 aliphatic heterocycles. The Bertz CT molecular complexity index is 1280. The molecule has 0 unspecified atom stereocenters. The first kappa shape index (κ1) is 24.3. The van der Waals surface area contributed by atoms with Gasteiger partial charge in [-0.1, -0.05) is 56.3 Å². The Morgan fingerprint density at radius 3 is 2.29 bits per heavy atom. The average Bonchev–Trinajstić information content (AvgIpc) is 3.36. The lowest BCUT2D eigenvalue weighted by molar-refractivity contribution is -0.118. The first-order valence-electron chi connectivity index (χ1n) is 11.2. The van der Waals surface area contributed by atoms with Crippen LogP contribution in [0.5, 0.6) is 17.2 Å². The van der Waals surface area contributed by atoms with Crippen LogP contribution in [0.2, 0.25) is 0 Å². The second-order valence-corrected chi connectivity index (χ2v) is 9.32. The van der Waals surface area contributed by atoms with E-state index in [4.69, 9.17) is 14.2 Å². The molecule has 4 rings (SSSR count). The fraction of sp³-hybridized carbons (Fsp3) is 0.214. The molecule has 1 amide bonds. The summed E-state index contributed by atoms with van der Waals surface area (Å²) in [6.07, 6.45) is 0. The fourth-order valence-corrected chi connectivity index (χ4v) is 4.49. The zero-order valence-corrected chi connectivity index (χ0v) is 21.0. The second-order valence-electron chi connectivity index (χ2n) is 8.46. The van der Waals surface area contributed by atoms with Gasteiger partial charge in [0, 0.05) is 16.4 Å². The van der Waals surface area contributed by atoms with Crippen molar-refractivity contribution in [3.8, 4) is 28.5 Å². The number of methoxy groups -OCH3 is 2. The van der Waals surface area contributed by atoms with E-state index in [0.717, 1.165) is 11.3 Å². The van der Waals surface area contributed by atoms with Gasteiger partial charge in [-0.3, -0.25) is 10.1 Å². The molecule has 0 aliphatic rings. The van der Waals surface area contributed by atoms with E-state index >= 15 is 0 Å². The van der Waals surface area contributed by atoms with Crippen LogP contribution < -0.4 is 19.5 Å². The van der Waals surface area contributed by atoms with Gasteiger partial charge in [0.05, 0.1) is 19.9 Å². The lowest BCUT2D eigenvalue weighted by Gasteiger charge is -2.26. The summed E-state index contributed by atoms with van der Waals surface area (Å²) in [5.41, 5.74) is 3.89. The number of benzene rings is 3. The normalized spacial score (nSPS) is 11.1. The maximum absolute atomic E-state index is 12.4. The minimum atomic E-state index is -0.271. The molecule has 0 spiro atoms. The number of anilines is 1. The Balaban J connectivity index is 1.34. The van der Waals surface area contributed by atoms with Crippen molar-refractivity contribution in [2.24, 2.45) is 0 Å². The molecule has 180 valence electrons. The summed E-state index contributed by atoms with van der Waals surface area (Å²) in [5, 5.41) is 5.18. The number of nitrogens with zero attached hydrogens (tertiary/aromatic N) is 1. The third-order valence-electron chi connectivity index (χ3n) is 5.87. The van der Waals surface area contributed by atoms with Gasteiger partial charge in [-0.25, -0.2) is 4.98 Å². The molecule has 4 aromatic rings. The highest BCUT2D eigenvalue weighted by Crippen LogP contribution is 2.34. The van der Waals surface area contributed by atoms with Crippen molar-refractivity contribution in [2.75, 3.05) is 26.1 Å². The Morgan fingerprint density at radius 2 is 1.60 bits per heavy atom. The molecule has 1 heterocycles. The lowest BCUT2D eigenvalue weighted by atomic mass is 9.78. The number of hydrogen-bond acceptors (Lipinski definition) is 6. The van der Waals surface area contributed by atoms with Crippen molar-refractivity contribution in [1.82, 2.24) is 4.98 Å². The number of aromatic nitrogens is 1. The summed E-state index contributed by atoms with van der Waals surface area (Å²) in [7, 11) is 3.18. The van der Waals surface area contributed by atoms with Gasteiger partial charge in [0.2, 0.25) is 0 Å². The molecule has 0 fully saturated rings. The maximum Gasteiger partial charge on any atom is 0.264 e. The third-order valence-corrected chi connectivity index (χ3v) is 6.63. The summed E-state index contributed by atoms with van der Waals surface area (Å²) in [6, 6.07) is 23.8. The molecule has 0 radical (unpaired) electrons. The van der Waals surface area contributed by atoms with Gasteiger partial charge in [-0.2, -0.15) is 0 Å². The Morgan fingerprint density at radius 1 is 0.914 bits per heavy atom. The quantitative estimate of drug-likeness (QED) is 0.305. The minimum absolute atomic E-state index is 0.104. The third kappa shape index (κ3) is 5.63. The van der Waals surface area contributed by atoms with Crippen LogP contribution in [-0.4, -0.2) is 31.7 Å². The van der Waals surface area contributed by atoms with E-state index in [-0.39, 0.29) is 17.9 Å². The zero-order chi connectivity index (χ0) is 24.8. The van der Waals surface area contributed by atoms with Crippen molar-refractivity contribution in [3.63, 3.8) is 0 Å². The molecule has 0 bridgehead atoms. The van der Waals surface area contributed by atoms with Gasteiger partial charge >= 0.3 is 0 Å². The fourth-order valence-electron chi connectivity index (χ4n) is 3.75. The largest absolute Gasteiger partial charge is 0.493 e. The number of ether oxygens (including phenoxy) is 3. The SMILES string of the molecule is COc1ccc(-c2csc(NC(=O)COc3ccc(C(C)(C)c4ccccc4)cc3)n2)cc1OC. The molecule has 35 heavy (non-hydrogen) atoms. The maximum atomic E-state index is 12.4. The number of amides is 1. The molecule has 0 saturated heterocycles. The van der Waals surface area contributed by atoms with Gasteiger partial charge < -0.3 is 14.2 Å². The van der Waals surface area contributed by atoms with E-state index in [1.807, 2.05) is 66.0 Å². The van der Waals surface area contributed by atoms with E-state index in [1.54, 1.807) is 14.2 Å². The molecule has 1 aromatic heterocycles. The summed E-state index contributed by atoms with van der Waals surface area (Å²) in [5.74, 6) is 1.63. The first-order valence-corrected chi connectivity index (χ1v) is 12.1. The van der Waals surface area contributed by atoms with E-state index in [2.05, 4.69) is 36.3 Å². The van der Waals surface area contributed by atoms with E-state index in [0.29, 0.717) is 22.4 Å². The van der Waals surface area contributed by atoms with Gasteiger partial charge in [0.1, 0.15) is 5.75 Å². The summed E-state index contributed by atoms with van der Waals surface area (Å²) < 4.78 is 16.3. The molecule has 0 aliphatic carbocycles. The van der Waals surface area contributed by atoms with Crippen LogP contribution in [-0.2, 0) is 10.2 Å². The molecule has 7 heteroatoms. The van der Waals surface area contributed by atoms with Crippen LogP contribution in [0.1, 0.15) is 25.0 Å². The van der Waals surface area contributed by atoms with Crippen LogP contribution in [0.15, 0.2) is 78.2 Å². The van der Waals surface area contributed by atoms with E-state index in [1.165, 1.54) is 22.5 Å². The molecule has 1 N–H and O–H groups in total. The number of nitrogens with one attached hydrogen (secondary N) is 1. The standard InChI is InChI=1S/C28H28N2O4S/c1-28(2,20-8-6-5-7-9-20)21-11-13-22(14-12-21)34-17-26(31)30-27-29-23(18-35-27)19-10-15-24(32-3)25(16-19)33-4/h5-16,18H,17H2,1-4H3,(H,29,30,31). The number of carbonyl (C=O) groups excluding carboxylic acids is 1. The predicted molar refractivity (Wildman–Crippen MR) is 140 cm³/mol. The van der Waals surface area contributed by atoms with E-state index in [9.17, 15) is 4.79 Å². The summed E-state index contributed by atoms with van der Waals surface area (Å²) in [6.45, 7) is 4.28. The number of carbonyl (C=O) groups is 1. The van der Waals surface area contributed by atoms with Crippen LogP contribution in [0.4, 0.5) is 5.13 Å². The topological polar surface area (TPSA) is 69.7 Å². The Kier molecular flexibility index (Phi) is 7.36. The Hall–Kier alpha value is -3.84. The molecular formula is C28H28N2O4S. The molecule has 0 atom stereocenters.